The lowest BCUT2D eigenvalue weighted by atomic mass is 9.98. The van der Waals surface area contributed by atoms with Crippen LogP contribution in [0.25, 0.3) is 0 Å². The Labute approximate surface area is 122 Å². The Morgan fingerprint density at radius 1 is 1.48 bits per heavy atom. The van der Waals surface area contributed by atoms with E-state index in [2.05, 4.69) is 10.6 Å². The van der Waals surface area contributed by atoms with Gasteiger partial charge in [0.2, 0.25) is 11.8 Å². The van der Waals surface area contributed by atoms with Crippen molar-refractivity contribution in [3.8, 4) is 0 Å². The van der Waals surface area contributed by atoms with Gasteiger partial charge in [0.05, 0.1) is 11.8 Å². The molecule has 2 N–H and O–H groups in total. The van der Waals surface area contributed by atoms with Crippen molar-refractivity contribution >= 4 is 17.7 Å². The van der Waals surface area contributed by atoms with Crippen molar-refractivity contribution in [2.75, 3.05) is 19.6 Å². The molecule has 0 bridgehead atoms. The van der Waals surface area contributed by atoms with Gasteiger partial charge >= 0.3 is 0 Å². The molecule has 0 spiro atoms. The first-order valence-corrected chi connectivity index (χ1v) is 6.82. The molecule has 114 valence electrons. The monoisotopic (exact) mass is 293 g/mol. The highest BCUT2D eigenvalue weighted by Crippen LogP contribution is 2.18. The first-order chi connectivity index (χ1) is 9.93. The number of carbonyl (C=O) groups excluding carboxylic acids is 3. The molecule has 2 rings (SSSR count). The van der Waals surface area contributed by atoms with E-state index in [9.17, 15) is 14.4 Å². The fourth-order valence-corrected chi connectivity index (χ4v) is 2.25. The van der Waals surface area contributed by atoms with Crippen LogP contribution >= 0.6 is 0 Å². The molecule has 7 heteroatoms. The SMILES string of the molecule is CC1(C)C(=O)NCCN1C(=O)CCNC(=O)c1ccoc1. The molecule has 0 unspecified atom stereocenters. The second-order valence-corrected chi connectivity index (χ2v) is 5.38. The zero-order chi connectivity index (χ0) is 15.5. The Kier molecular flexibility index (Phi) is 4.30. The van der Waals surface area contributed by atoms with Crippen molar-refractivity contribution in [1.82, 2.24) is 15.5 Å². The quantitative estimate of drug-likeness (QED) is 0.826. The van der Waals surface area contributed by atoms with Crippen molar-refractivity contribution in [1.29, 1.82) is 0 Å². The molecule has 21 heavy (non-hydrogen) atoms. The van der Waals surface area contributed by atoms with Crippen LogP contribution in [-0.4, -0.2) is 47.8 Å². The molecule has 0 atom stereocenters. The summed E-state index contributed by atoms with van der Waals surface area (Å²) < 4.78 is 4.82. The summed E-state index contributed by atoms with van der Waals surface area (Å²) in [7, 11) is 0. The molecule has 0 saturated carbocycles. The molecule has 1 aromatic rings. The van der Waals surface area contributed by atoms with Gasteiger partial charge in [0.15, 0.2) is 0 Å². The van der Waals surface area contributed by atoms with E-state index < -0.39 is 5.54 Å². The normalized spacial score (nSPS) is 17.2. The van der Waals surface area contributed by atoms with Crippen molar-refractivity contribution < 1.29 is 18.8 Å². The standard InChI is InChI=1S/C14H19N3O4/c1-14(2)13(20)16-6-7-17(14)11(18)3-5-15-12(19)10-4-8-21-9-10/h4,8-9H,3,5-7H2,1-2H3,(H,15,19)(H,16,20). The highest BCUT2D eigenvalue weighted by Gasteiger charge is 2.39. The Bertz CT molecular complexity index is 536. The van der Waals surface area contributed by atoms with Crippen molar-refractivity contribution in [3.05, 3.63) is 24.2 Å². The predicted molar refractivity (Wildman–Crippen MR) is 74.5 cm³/mol. The van der Waals surface area contributed by atoms with Gasteiger partial charge in [-0.05, 0) is 19.9 Å². The summed E-state index contributed by atoms with van der Waals surface area (Å²) in [4.78, 5) is 37.2. The number of piperazine rings is 1. The van der Waals surface area contributed by atoms with Gasteiger partial charge < -0.3 is 20.0 Å². The number of nitrogens with one attached hydrogen (secondary N) is 2. The lowest BCUT2D eigenvalue weighted by Crippen LogP contribution is -2.63. The molecule has 0 radical (unpaired) electrons. The maximum atomic E-state index is 12.2. The molecule has 0 aromatic carbocycles. The molecular formula is C14H19N3O4. The molecule has 1 fully saturated rings. The molecule has 0 aliphatic carbocycles. The summed E-state index contributed by atoms with van der Waals surface area (Å²) in [6.07, 6.45) is 2.91. The van der Waals surface area contributed by atoms with E-state index in [-0.39, 0.29) is 30.7 Å². The molecule has 1 aromatic heterocycles. The molecule has 3 amide bonds. The minimum atomic E-state index is -0.857. The van der Waals surface area contributed by atoms with Gasteiger partial charge in [0.25, 0.3) is 5.91 Å². The molecule has 1 aliphatic rings. The van der Waals surface area contributed by atoms with Gasteiger partial charge in [-0.15, -0.1) is 0 Å². The summed E-state index contributed by atoms with van der Waals surface area (Å²) in [6.45, 7) is 4.58. The highest BCUT2D eigenvalue weighted by molar-refractivity contribution is 5.94. The third kappa shape index (κ3) is 3.24. The number of rotatable bonds is 4. The third-order valence-electron chi connectivity index (χ3n) is 3.56. The first kappa shape index (κ1) is 15.1. The molecule has 1 aliphatic heterocycles. The topological polar surface area (TPSA) is 91.7 Å². The Morgan fingerprint density at radius 3 is 2.90 bits per heavy atom. The Hall–Kier alpha value is -2.31. The zero-order valence-electron chi connectivity index (χ0n) is 12.1. The van der Waals surface area contributed by atoms with Crippen LogP contribution in [-0.2, 0) is 9.59 Å². The van der Waals surface area contributed by atoms with Crippen LogP contribution in [0.4, 0.5) is 0 Å². The number of carbonyl (C=O) groups is 3. The number of hydrogen-bond donors (Lipinski definition) is 2. The van der Waals surface area contributed by atoms with Gasteiger partial charge in [-0.1, -0.05) is 0 Å². The predicted octanol–water partition coefficient (Wildman–Crippen LogP) is 0.137. The lowest BCUT2D eigenvalue weighted by Gasteiger charge is -2.41. The average molecular weight is 293 g/mol. The smallest absolute Gasteiger partial charge is 0.254 e. The minimum Gasteiger partial charge on any atom is -0.472 e. The van der Waals surface area contributed by atoms with Crippen LogP contribution in [0.1, 0.15) is 30.6 Å². The summed E-state index contributed by atoms with van der Waals surface area (Å²) in [6, 6.07) is 1.55. The maximum Gasteiger partial charge on any atom is 0.254 e. The maximum absolute atomic E-state index is 12.2. The van der Waals surface area contributed by atoms with E-state index >= 15 is 0 Å². The zero-order valence-corrected chi connectivity index (χ0v) is 12.1. The van der Waals surface area contributed by atoms with Gasteiger partial charge in [-0.25, -0.2) is 0 Å². The lowest BCUT2D eigenvalue weighted by molar-refractivity contribution is -0.149. The third-order valence-corrected chi connectivity index (χ3v) is 3.56. The van der Waals surface area contributed by atoms with E-state index in [1.165, 1.54) is 12.5 Å². The second kappa shape index (κ2) is 5.99. The fourth-order valence-electron chi connectivity index (χ4n) is 2.25. The summed E-state index contributed by atoms with van der Waals surface area (Å²) in [5.41, 5.74) is -0.440. The van der Waals surface area contributed by atoms with E-state index in [1.807, 2.05) is 0 Å². The summed E-state index contributed by atoms with van der Waals surface area (Å²) >= 11 is 0. The summed E-state index contributed by atoms with van der Waals surface area (Å²) in [5, 5.41) is 5.38. The number of amides is 3. The van der Waals surface area contributed by atoms with Crippen molar-refractivity contribution in [3.63, 3.8) is 0 Å². The Balaban J connectivity index is 1.84. The summed E-state index contributed by atoms with van der Waals surface area (Å²) in [5.74, 6) is -0.598. The van der Waals surface area contributed by atoms with Gasteiger partial charge in [0, 0.05) is 26.1 Å². The Morgan fingerprint density at radius 2 is 2.24 bits per heavy atom. The van der Waals surface area contributed by atoms with Gasteiger partial charge in [-0.2, -0.15) is 0 Å². The molecular weight excluding hydrogens is 274 g/mol. The largest absolute Gasteiger partial charge is 0.472 e. The first-order valence-electron chi connectivity index (χ1n) is 6.82. The van der Waals surface area contributed by atoms with E-state index in [0.717, 1.165) is 0 Å². The minimum absolute atomic E-state index is 0.151. The molecule has 2 heterocycles. The van der Waals surface area contributed by atoms with E-state index in [4.69, 9.17) is 4.42 Å². The van der Waals surface area contributed by atoms with E-state index in [1.54, 1.807) is 24.8 Å². The van der Waals surface area contributed by atoms with Gasteiger partial charge in [-0.3, -0.25) is 14.4 Å². The van der Waals surface area contributed by atoms with Crippen LogP contribution < -0.4 is 10.6 Å². The highest BCUT2D eigenvalue weighted by atomic mass is 16.3. The fraction of sp³-hybridized carbons (Fsp3) is 0.500. The second-order valence-electron chi connectivity index (χ2n) is 5.38. The molecule has 7 nitrogen and oxygen atoms in total. The van der Waals surface area contributed by atoms with Crippen LogP contribution in [0.3, 0.4) is 0 Å². The average Bonchev–Trinajstić information content (AvgIpc) is 2.95. The van der Waals surface area contributed by atoms with Crippen LogP contribution in [0.5, 0.6) is 0 Å². The van der Waals surface area contributed by atoms with Crippen molar-refractivity contribution in [2.45, 2.75) is 25.8 Å². The van der Waals surface area contributed by atoms with E-state index in [0.29, 0.717) is 18.7 Å². The van der Waals surface area contributed by atoms with Crippen LogP contribution in [0.15, 0.2) is 23.0 Å². The number of furan rings is 1. The van der Waals surface area contributed by atoms with Gasteiger partial charge in [0.1, 0.15) is 11.8 Å². The number of nitrogens with zero attached hydrogens (tertiary/aromatic N) is 1. The van der Waals surface area contributed by atoms with Crippen molar-refractivity contribution in [2.24, 2.45) is 0 Å². The van der Waals surface area contributed by atoms with Crippen LogP contribution in [0, 0.1) is 0 Å². The molecule has 1 saturated heterocycles. The number of hydrogen-bond acceptors (Lipinski definition) is 4. The van der Waals surface area contributed by atoms with Crippen LogP contribution in [0.2, 0.25) is 0 Å².